The minimum atomic E-state index is -0.962. The number of rotatable bonds is 2. The van der Waals surface area contributed by atoms with Gasteiger partial charge >= 0.3 is 0 Å². The number of Topliss-reactive ketones (excluding diaryl/α,β-unsaturated/α-hetero) is 1. The highest BCUT2D eigenvalue weighted by Gasteiger charge is 2.25. The summed E-state index contributed by atoms with van der Waals surface area (Å²) in [7, 11) is -0.962. The van der Waals surface area contributed by atoms with Crippen molar-refractivity contribution in [1.29, 1.82) is 0 Å². The second kappa shape index (κ2) is 4.36. The van der Waals surface area contributed by atoms with E-state index >= 15 is 0 Å². The molecule has 1 aliphatic rings. The zero-order valence-corrected chi connectivity index (χ0v) is 9.40. The van der Waals surface area contributed by atoms with Crippen molar-refractivity contribution in [2.24, 2.45) is 0 Å². The van der Waals surface area contributed by atoms with Crippen molar-refractivity contribution in [3.63, 3.8) is 0 Å². The van der Waals surface area contributed by atoms with Gasteiger partial charge < -0.3 is 0 Å². The quantitative estimate of drug-likeness (QED) is 0.778. The highest BCUT2D eigenvalue weighted by Crippen LogP contribution is 2.26. The molecule has 0 spiro atoms. The molecule has 14 heavy (non-hydrogen) atoms. The number of carbonyl (C=O) groups excluding carboxylic acids is 1. The van der Waals surface area contributed by atoms with E-state index in [-0.39, 0.29) is 11.0 Å². The van der Waals surface area contributed by atoms with E-state index in [1.165, 1.54) is 11.3 Å². The Bertz CT molecular complexity index is 343. The Labute approximate surface area is 89.8 Å². The summed E-state index contributed by atoms with van der Waals surface area (Å²) in [5.41, 5.74) is 0. The molecule has 0 N–H and O–H groups in total. The molecular weight excluding hydrogens is 216 g/mol. The predicted octanol–water partition coefficient (Wildman–Crippen LogP) is 2.37. The van der Waals surface area contributed by atoms with Crippen LogP contribution in [0.4, 0.5) is 0 Å². The molecule has 1 saturated carbocycles. The molecule has 0 aliphatic heterocycles. The highest BCUT2D eigenvalue weighted by molar-refractivity contribution is 7.87. The SMILES string of the molecule is O=C1CCCC(S(=O)c2cccs2)C1. The van der Waals surface area contributed by atoms with Gasteiger partial charge in [0.05, 0.1) is 15.0 Å². The van der Waals surface area contributed by atoms with Crippen molar-refractivity contribution in [1.82, 2.24) is 0 Å². The molecule has 0 radical (unpaired) electrons. The van der Waals surface area contributed by atoms with Gasteiger partial charge in [-0.05, 0) is 24.3 Å². The zero-order valence-electron chi connectivity index (χ0n) is 7.77. The van der Waals surface area contributed by atoms with Gasteiger partial charge in [-0.15, -0.1) is 11.3 Å². The monoisotopic (exact) mass is 228 g/mol. The zero-order chi connectivity index (χ0) is 9.97. The Balaban J connectivity index is 2.08. The molecule has 1 aliphatic carbocycles. The van der Waals surface area contributed by atoms with E-state index in [4.69, 9.17) is 0 Å². The lowest BCUT2D eigenvalue weighted by molar-refractivity contribution is -0.120. The van der Waals surface area contributed by atoms with Gasteiger partial charge in [0.2, 0.25) is 0 Å². The molecule has 2 nitrogen and oxygen atoms in total. The van der Waals surface area contributed by atoms with E-state index in [0.717, 1.165) is 17.1 Å². The molecular formula is C10H12O2S2. The first kappa shape index (κ1) is 10.1. The lowest BCUT2D eigenvalue weighted by Crippen LogP contribution is -2.23. The number of carbonyl (C=O) groups is 1. The van der Waals surface area contributed by atoms with Crippen molar-refractivity contribution in [2.45, 2.75) is 35.1 Å². The average molecular weight is 228 g/mol. The summed E-state index contributed by atoms with van der Waals surface area (Å²) in [6.07, 6.45) is 3.01. The minimum Gasteiger partial charge on any atom is -0.300 e. The first-order chi connectivity index (χ1) is 6.77. The third-order valence-corrected chi connectivity index (χ3v) is 5.42. The van der Waals surface area contributed by atoms with Crippen molar-refractivity contribution in [2.75, 3.05) is 0 Å². The van der Waals surface area contributed by atoms with Crippen LogP contribution in [0, 0.1) is 0 Å². The molecule has 76 valence electrons. The van der Waals surface area contributed by atoms with Crippen LogP contribution in [0.1, 0.15) is 25.7 Å². The first-order valence-electron chi connectivity index (χ1n) is 4.73. The number of ketones is 1. The maximum atomic E-state index is 12.0. The van der Waals surface area contributed by atoms with Gasteiger partial charge in [0.1, 0.15) is 5.78 Å². The van der Waals surface area contributed by atoms with E-state index in [1.807, 2.05) is 17.5 Å². The van der Waals surface area contributed by atoms with Crippen LogP contribution in [0.15, 0.2) is 21.7 Å². The average Bonchev–Trinajstić information content (AvgIpc) is 2.69. The van der Waals surface area contributed by atoms with Crippen molar-refractivity contribution < 1.29 is 9.00 Å². The van der Waals surface area contributed by atoms with Crippen LogP contribution in [-0.2, 0) is 15.6 Å². The van der Waals surface area contributed by atoms with Crippen LogP contribution < -0.4 is 0 Å². The predicted molar refractivity (Wildman–Crippen MR) is 58.0 cm³/mol. The fourth-order valence-electron chi connectivity index (χ4n) is 1.71. The summed E-state index contributed by atoms with van der Waals surface area (Å²) in [4.78, 5) is 11.2. The van der Waals surface area contributed by atoms with Gasteiger partial charge in [-0.25, -0.2) is 0 Å². The summed E-state index contributed by atoms with van der Waals surface area (Å²) in [6.45, 7) is 0. The topological polar surface area (TPSA) is 34.1 Å². The standard InChI is InChI=1S/C10H12O2S2/c11-8-3-1-4-9(7-8)14(12)10-5-2-6-13-10/h2,5-6,9H,1,3-4,7H2. The van der Waals surface area contributed by atoms with E-state index in [2.05, 4.69) is 0 Å². The third kappa shape index (κ3) is 2.12. The van der Waals surface area contributed by atoms with Crippen LogP contribution >= 0.6 is 11.3 Å². The van der Waals surface area contributed by atoms with E-state index < -0.39 is 10.8 Å². The van der Waals surface area contributed by atoms with Crippen molar-refractivity contribution >= 4 is 27.9 Å². The van der Waals surface area contributed by atoms with E-state index in [1.54, 1.807) is 0 Å². The molecule has 1 fully saturated rings. The van der Waals surface area contributed by atoms with Gasteiger partial charge in [0.15, 0.2) is 0 Å². The van der Waals surface area contributed by atoms with Gasteiger partial charge in [-0.2, -0.15) is 0 Å². The molecule has 2 unspecified atom stereocenters. The Morgan fingerprint density at radius 1 is 1.50 bits per heavy atom. The molecule has 1 heterocycles. The lowest BCUT2D eigenvalue weighted by Gasteiger charge is -2.19. The van der Waals surface area contributed by atoms with Gasteiger partial charge in [0, 0.05) is 18.1 Å². The van der Waals surface area contributed by atoms with Crippen LogP contribution in [0.3, 0.4) is 0 Å². The second-order valence-corrected chi connectivity index (χ2v) is 6.39. The van der Waals surface area contributed by atoms with Crippen LogP contribution in [0.2, 0.25) is 0 Å². The van der Waals surface area contributed by atoms with Crippen LogP contribution in [0.5, 0.6) is 0 Å². The third-order valence-electron chi connectivity index (χ3n) is 2.43. The molecule has 4 heteroatoms. The lowest BCUT2D eigenvalue weighted by atomic mass is 9.99. The summed E-state index contributed by atoms with van der Waals surface area (Å²) < 4.78 is 12.9. The molecule has 0 aromatic carbocycles. The molecule has 2 rings (SSSR count). The van der Waals surface area contributed by atoms with Crippen LogP contribution in [-0.4, -0.2) is 15.2 Å². The smallest absolute Gasteiger partial charge is 0.134 e. The molecule has 1 aromatic rings. The van der Waals surface area contributed by atoms with Gasteiger partial charge in [-0.1, -0.05) is 6.07 Å². The number of hydrogen-bond acceptors (Lipinski definition) is 3. The highest BCUT2D eigenvalue weighted by atomic mass is 32.2. The minimum absolute atomic E-state index is 0.0647. The summed E-state index contributed by atoms with van der Waals surface area (Å²) in [5, 5.41) is 1.99. The molecule has 0 amide bonds. The molecule has 2 atom stereocenters. The maximum absolute atomic E-state index is 12.0. The molecule has 0 bridgehead atoms. The van der Waals surface area contributed by atoms with Crippen LogP contribution in [0.25, 0.3) is 0 Å². The second-order valence-electron chi connectivity index (χ2n) is 3.49. The van der Waals surface area contributed by atoms with Gasteiger partial charge in [-0.3, -0.25) is 9.00 Å². The van der Waals surface area contributed by atoms with Crippen molar-refractivity contribution in [3.05, 3.63) is 17.5 Å². The normalized spacial score (nSPS) is 24.9. The molecule has 0 saturated heterocycles. The first-order valence-corrected chi connectivity index (χ1v) is 6.82. The summed E-state index contributed by atoms with van der Waals surface area (Å²) in [5.74, 6) is 0.270. The van der Waals surface area contributed by atoms with E-state index in [0.29, 0.717) is 12.8 Å². The largest absolute Gasteiger partial charge is 0.300 e. The Kier molecular flexibility index (Phi) is 3.13. The Hall–Kier alpha value is -0.480. The fraction of sp³-hybridized carbons (Fsp3) is 0.500. The summed E-state index contributed by atoms with van der Waals surface area (Å²) >= 11 is 1.51. The van der Waals surface area contributed by atoms with Gasteiger partial charge in [0.25, 0.3) is 0 Å². The maximum Gasteiger partial charge on any atom is 0.134 e. The van der Waals surface area contributed by atoms with Crippen molar-refractivity contribution in [3.8, 4) is 0 Å². The molecule has 1 aromatic heterocycles. The summed E-state index contributed by atoms with van der Waals surface area (Å²) in [6, 6.07) is 3.79. The fourth-order valence-corrected chi connectivity index (χ4v) is 4.37. The van der Waals surface area contributed by atoms with E-state index in [9.17, 15) is 9.00 Å². The number of thiophene rings is 1. The Morgan fingerprint density at radius 3 is 3.00 bits per heavy atom. The Morgan fingerprint density at radius 2 is 2.36 bits per heavy atom. The number of hydrogen-bond donors (Lipinski definition) is 0.